The van der Waals surface area contributed by atoms with E-state index in [2.05, 4.69) is 6.92 Å². The molecule has 0 aliphatic carbocycles. The number of likely N-dealkylation sites (tertiary alicyclic amines) is 1. The van der Waals surface area contributed by atoms with Crippen molar-refractivity contribution in [2.24, 2.45) is 0 Å². The Morgan fingerprint density at radius 1 is 1.45 bits per heavy atom. The van der Waals surface area contributed by atoms with Crippen LogP contribution in [0.1, 0.15) is 39.9 Å². The van der Waals surface area contributed by atoms with Crippen LogP contribution in [-0.2, 0) is 15.1 Å². The quantitative estimate of drug-likeness (QED) is 0.742. The average molecular weight is 279 g/mol. The van der Waals surface area contributed by atoms with Gasteiger partial charge >= 0.3 is 6.09 Å². The van der Waals surface area contributed by atoms with Gasteiger partial charge in [0.05, 0.1) is 12.8 Å². The van der Waals surface area contributed by atoms with Crippen LogP contribution in [0.25, 0.3) is 0 Å². The summed E-state index contributed by atoms with van der Waals surface area (Å²) >= 11 is 0. The molecule has 1 aromatic heterocycles. The Balaban J connectivity index is 1.77. The van der Waals surface area contributed by atoms with E-state index in [1.54, 1.807) is 11.2 Å². The van der Waals surface area contributed by atoms with Gasteiger partial charge < -0.3 is 18.8 Å². The first kappa shape index (κ1) is 13.5. The zero-order chi connectivity index (χ0) is 14.6. The molecular weight excluding hydrogens is 258 g/mol. The third kappa shape index (κ3) is 2.00. The summed E-state index contributed by atoms with van der Waals surface area (Å²) in [4.78, 5) is 13.9. The largest absolute Gasteiger partial charge is 0.466 e. The van der Waals surface area contributed by atoms with Gasteiger partial charge in [0.25, 0.3) is 0 Å². The SMILES string of the molecule is CC(C)(C)OC(=O)N1CCC2(C)OC2(c2ccco2)C1. The second kappa shape index (κ2) is 4.01. The summed E-state index contributed by atoms with van der Waals surface area (Å²) in [6.45, 7) is 8.81. The van der Waals surface area contributed by atoms with Crippen molar-refractivity contribution in [2.75, 3.05) is 13.1 Å². The van der Waals surface area contributed by atoms with E-state index in [9.17, 15) is 4.79 Å². The predicted molar refractivity (Wildman–Crippen MR) is 72.3 cm³/mol. The number of carbonyl (C=O) groups excluding carboxylic acids is 1. The summed E-state index contributed by atoms with van der Waals surface area (Å²) in [5, 5.41) is 0. The molecule has 2 saturated heterocycles. The minimum atomic E-state index is -0.508. The molecule has 5 nitrogen and oxygen atoms in total. The van der Waals surface area contributed by atoms with Crippen LogP contribution in [0.3, 0.4) is 0 Å². The lowest BCUT2D eigenvalue weighted by atomic mass is 9.85. The summed E-state index contributed by atoms with van der Waals surface area (Å²) in [6.07, 6.45) is 2.13. The number of amides is 1. The summed E-state index contributed by atoms with van der Waals surface area (Å²) < 4.78 is 16.9. The number of ether oxygens (including phenoxy) is 2. The average Bonchev–Trinajstić information content (AvgIpc) is 2.73. The van der Waals surface area contributed by atoms with Crippen molar-refractivity contribution in [3.05, 3.63) is 24.2 Å². The number of epoxide rings is 1. The molecule has 0 N–H and O–H groups in total. The van der Waals surface area contributed by atoms with Gasteiger partial charge in [-0.1, -0.05) is 0 Å². The molecule has 2 unspecified atom stereocenters. The molecule has 2 aliphatic rings. The fourth-order valence-electron chi connectivity index (χ4n) is 2.89. The first-order valence-electron chi connectivity index (χ1n) is 6.98. The zero-order valence-electron chi connectivity index (χ0n) is 12.4. The molecule has 1 amide bonds. The summed E-state index contributed by atoms with van der Waals surface area (Å²) in [5.41, 5.74) is -1.23. The number of fused-ring (bicyclic) bond motifs is 1. The van der Waals surface area contributed by atoms with E-state index in [0.29, 0.717) is 13.1 Å². The number of hydrogen-bond donors (Lipinski definition) is 0. The van der Waals surface area contributed by atoms with Crippen LogP contribution in [0.5, 0.6) is 0 Å². The number of hydrogen-bond acceptors (Lipinski definition) is 4. The Labute approximate surface area is 118 Å². The summed E-state index contributed by atoms with van der Waals surface area (Å²) in [7, 11) is 0. The van der Waals surface area contributed by atoms with Gasteiger partial charge in [0.2, 0.25) is 0 Å². The molecule has 0 spiro atoms. The zero-order valence-corrected chi connectivity index (χ0v) is 12.4. The van der Waals surface area contributed by atoms with Gasteiger partial charge in [0.15, 0.2) is 5.60 Å². The molecule has 110 valence electrons. The molecule has 2 aliphatic heterocycles. The predicted octanol–water partition coefficient (Wildman–Crippen LogP) is 2.90. The lowest BCUT2D eigenvalue weighted by Gasteiger charge is -2.33. The Kier molecular flexibility index (Phi) is 2.70. The van der Waals surface area contributed by atoms with Crippen molar-refractivity contribution in [3.8, 4) is 0 Å². The van der Waals surface area contributed by atoms with E-state index >= 15 is 0 Å². The van der Waals surface area contributed by atoms with E-state index in [4.69, 9.17) is 13.9 Å². The number of rotatable bonds is 1. The van der Waals surface area contributed by atoms with E-state index in [0.717, 1.165) is 12.2 Å². The van der Waals surface area contributed by atoms with Gasteiger partial charge in [-0.15, -0.1) is 0 Å². The fourth-order valence-corrected chi connectivity index (χ4v) is 2.89. The normalized spacial score (nSPS) is 32.7. The van der Waals surface area contributed by atoms with Gasteiger partial charge in [-0.3, -0.25) is 0 Å². The van der Waals surface area contributed by atoms with Gasteiger partial charge in [0.1, 0.15) is 17.0 Å². The maximum atomic E-state index is 12.2. The first-order chi connectivity index (χ1) is 9.26. The van der Waals surface area contributed by atoms with Gasteiger partial charge in [0, 0.05) is 6.54 Å². The Hall–Kier alpha value is -1.49. The molecule has 0 saturated carbocycles. The highest BCUT2D eigenvalue weighted by molar-refractivity contribution is 5.69. The van der Waals surface area contributed by atoms with Crippen LogP contribution in [0.2, 0.25) is 0 Å². The summed E-state index contributed by atoms with van der Waals surface area (Å²) in [6, 6.07) is 3.75. The monoisotopic (exact) mass is 279 g/mol. The van der Waals surface area contributed by atoms with Crippen LogP contribution < -0.4 is 0 Å². The fraction of sp³-hybridized carbons (Fsp3) is 0.667. The molecule has 0 bridgehead atoms. The molecule has 5 heteroatoms. The highest BCUT2D eigenvalue weighted by Gasteiger charge is 2.72. The standard InChI is InChI=1S/C15H21NO4/c1-13(2,3)19-12(17)16-8-7-14(4)15(10-16,20-14)11-6-5-9-18-11/h5-6,9H,7-8,10H2,1-4H3. The minimum Gasteiger partial charge on any atom is -0.466 e. The van der Waals surface area contributed by atoms with Crippen LogP contribution in [0.15, 0.2) is 22.8 Å². The molecule has 0 radical (unpaired) electrons. The van der Waals surface area contributed by atoms with Crippen molar-refractivity contribution in [1.82, 2.24) is 4.90 Å². The van der Waals surface area contributed by atoms with E-state index in [1.165, 1.54) is 0 Å². The van der Waals surface area contributed by atoms with Crippen molar-refractivity contribution in [1.29, 1.82) is 0 Å². The van der Waals surface area contributed by atoms with Crippen molar-refractivity contribution in [2.45, 2.75) is 50.9 Å². The lowest BCUT2D eigenvalue weighted by Crippen LogP contribution is -2.48. The first-order valence-corrected chi connectivity index (χ1v) is 6.98. The number of carbonyl (C=O) groups is 1. The van der Waals surface area contributed by atoms with E-state index in [-0.39, 0.29) is 11.7 Å². The van der Waals surface area contributed by atoms with E-state index in [1.807, 2.05) is 32.9 Å². The van der Waals surface area contributed by atoms with Gasteiger partial charge in [-0.25, -0.2) is 4.79 Å². The van der Waals surface area contributed by atoms with Crippen molar-refractivity contribution < 1.29 is 18.7 Å². The third-order valence-corrected chi connectivity index (χ3v) is 4.06. The Morgan fingerprint density at radius 2 is 2.20 bits per heavy atom. The van der Waals surface area contributed by atoms with Gasteiger partial charge in [-0.05, 0) is 46.2 Å². The van der Waals surface area contributed by atoms with Crippen LogP contribution in [0.4, 0.5) is 4.79 Å². The molecule has 0 aromatic carbocycles. The van der Waals surface area contributed by atoms with Crippen molar-refractivity contribution >= 4 is 6.09 Å². The van der Waals surface area contributed by atoms with Crippen molar-refractivity contribution in [3.63, 3.8) is 0 Å². The minimum absolute atomic E-state index is 0.233. The topological polar surface area (TPSA) is 55.2 Å². The van der Waals surface area contributed by atoms with Crippen LogP contribution in [-0.4, -0.2) is 35.3 Å². The Morgan fingerprint density at radius 3 is 2.80 bits per heavy atom. The molecule has 2 fully saturated rings. The molecule has 1 aromatic rings. The highest BCUT2D eigenvalue weighted by Crippen LogP contribution is 2.60. The number of piperidine rings is 1. The maximum Gasteiger partial charge on any atom is 0.410 e. The highest BCUT2D eigenvalue weighted by atomic mass is 16.6. The molecule has 20 heavy (non-hydrogen) atoms. The molecule has 3 heterocycles. The van der Waals surface area contributed by atoms with Gasteiger partial charge in [-0.2, -0.15) is 0 Å². The lowest BCUT2D eigenvalue weighted by molar-refractivity contribution is 0.0168. The second-order valence-electron chi connectivity index (χ2n) is 6.79. The van der Waals surface area contributed by atoms with E-state index < -0.39 is 11.2 Å². The van der Waals surface area contributed by atoms with Crippen LogP contribution >= 0.6 is 0 Å². The molecular formula is C15H21NO4. The Bertz CT molecular complexity index is 518. The molecule has 3 rings (SSSR count). The number of nitrogens with zero attached hydrogens (tertiary/aromatic N) is 1. The third-order valence-electron chi connectivity index (χ3n) is 4.06. The van der Waals surface area contributed by atoms with Crippen LogP contribution in [0, 0.1) is 0 Å². The smallest absolute Gasteiger partial charge is 0.410 e. The number of furan rings is 1. The molecule has 2 atom stereocenters. The second-order valence-corrected chi connectivity index (χ2v) is 6.79. The maximum absolute atomic E-state index is 12.2. The summed E-state index contributed by atoms with van der Waals surface area (Å²) in [5.74, 6) is 0.785.